The zero-order valence-corrected chi connectivity index (χ0v) is 22.1. The van der Waals surface area contributed by atoms with E-state index < -0.39 is 28.5 Å². The van der Waals surface area contributed by atoms with Crippen LogP contribution in [0.4, 0.5) is 5.69 Å². The van der Waals surface area contributed by atoms with E-state index in [9.17, 15) is 18.0 Å². The first-order chi connectivity index (χ1) is 17.1. The Morgan fingerprint density at radius 2 is 1.61 bits per heavy atom. The second kappa shape index (κ2) is 12.1. The van der Waals surface area contributed by atoms with Crippen molar-refractivity contribution in [1.82, 2.24) is 10.2 Å². The molecule has 3 aromatic carbocycles. The summed E-state index contributed by atoms with van der Waals surface area (Å²) in [5.74, 6) is -0.847. The Labute approximate surface area is 217 Å². The van der Waals surface area contributed by atoms with Gasteiger partial charge < -0.3 is 10.2 Å². The van der Waals surface area contributed by atoms with Gasteiger partial charge in [-0.05, 0) is 36.2 Å². The highest BCUT2D eigenvalue weighted by atomic mass is 35.5. The molecule has 0 fully saturated rings. The fourth-order valence-corrected chi connectivity index (χ4v) is 5.00. The number of benzene rings is 3. The zero-order valence-electron chi connectivity index (χ0n) is 20.5. The monoisotopic (exact) mass is 527 g/mol. The van der Waals surface area contributed by atoms with Crippen LogP contribution in [-0.4, -0.2) is 51.0 Å². The topological polar surface area (TPSA) is 86.8 Å². The largest absolute Gasteiger partial charge is 0.357 e. The van der Waals surface area contributed by atoms with Crippen molar-refractivity contribution in [3.05, 3.63) is 101 Å². The Hall–Kier alpha value is -3.36. The molecule has 7 nitrogen and oxygen atoms in total. The SMILES string of the molecule is CNC(=O)[C@H](Cc1ccccc1)N(Cc1cccc(C)c1)C(=O)CN(c1cccc(Cl)c1)S(C)(=O)=O. The number of carbonyl (C=O) groups is 2. The normalized spacial score (nSPS) is 12.0. The van der Waals surface area contributed by atoms with E-state index in [1.807, 2.05) is 61.5 Å². The van der Waals surface area contributed by atoms with Crippen LogP contribution < -0.4 is 9.62 Å². The minimum absolute atomic E-state index is 0.137. The molecule has 0 aliphatic heterocycles. The van der Waals surface area contributed by atoms with Crippen LogP contribution in [-0.2, 0) is 32.6 Å². The lowest BCUT2D eigenvalue weighted by molar-refractivity contribution is -0.139. The Balaban J connectivity index is 2.03. The Morgan fingerprint density at radius 3 is 2.22 bits per heavy atom. The molecule has 0 heterocycles. The van der Waals surface area contributed by atoms with E-state index in [-0.39, 0.29) is 24.6 Å². The molecular formula is C27H30ClN3O4S. The number of hydrogen-bond donors (Lipinski definition) is 1. The van der Waals surface area contributed by atoms with Gasteiger partial charge in [-0.2, -0.15) is 0 Å². The van der Waals surface area contributed by atoms with Crippen LogP contribution in [0.15, 0.2) is 78.9 Å². The van der Waals surface area contributed by atoms with Crippen molar-refractivity contribution >= 4 is 39.1 Å². The van der Waals surface area contributed by atoms with E-state index in [2.05, 4.69) is 5.32 Å². The molecule has 3 rings (SSSR count). The molecule has 0 radical (unpaired) electrons. The van der Waals surface area contributed by atoms with Crippen molar-refractivity contribution in [2.75, 3.05) is 24.2 Å². The number of amides is 2. The van der Waals surface area contributed by atoms with Crippen molar-refractivity contribution in [2.24, 2.45) is 0 Å². The molecule has 0 unspecified atom stereocenters. The first kappa shape index (κ1) is 27.2. The van der Waals surface area contributed by atoms with Gasteiger partial charge in [0.25, 0.3) is 0 Å². The molecular weight excluding hydrogens is 498 g/mol. The fourth-order valence-electron chi connectivity index (χ4n) is 3.97. The van der Waals surface area contributed by atoms with E-state index in [1.54, 1.807) is 18.2 Å². The molecule has 0 saturated heterocycles. The van der Waals surface area contributed by atoms with Gasteiger partial charge >= 0.3 is 0 Å². The molecule has 36 heavy (non-hydrogen) atoms. The molecule has 9 heteroatoms. The predicted molar refractivity (Wildman–Crippen MR) is 143 cm³/mol. The third-order valence-electron chi connectivity index (χ3n) is 5.73. The molecule has 0 spiro atoms. The van der Waals surface area contributed by atoms with E-state index >= 15 is 0 Å². The highest BCUT2D eigenvalue weighted by molar-refractivity contribution is 7.92. The van der Waals surface area contributed by atoms with Crippen LogP contribution in [0.3, 0.4) is 0 Å². The summed E-state index contributed by atoms with van der Waals surface area (Å²) in [7, 11) is -2.31. The summed E-state index contributed by atoms with van der Waals surface area (Å²) in [6.07, 6.45) is 1.31. The number of anilines is 1. The van der Waals surface area contributed by atoms with Crippen LogP contribution >= 0.6 is 11.6 Å². The fraction of sp³-hybridized carbons (Fsp3) is 0.259. The van der Waals surface area contributed by atoms with Crippen molar-refractivity contribution < 1.29 is 18.0 Å². The van der Waals surface area contributed by atoms with Crippen molar-refractivity contribution in [3.8, 4) is 0 Å². The Kier molecular flexibility index (Phi) is 9.12. The summed E-state index contributed by atoms with van der Waals surface area (Å²) in [5.41, 5.74) is 2.99. The Morgan fingerprint density at radius 1 is 0.944 bits per heavy atom. The average Bonchev–Trinajstić information content (AvgIpc) is 2.84. The highest BCUT2D eigenvalue weighted by Crippen LogP contribution is 2.23. The van der Waals surface area contributed by atoms with Crippen molar-refractivity contribution in [1.29, 1.82) is 0 Å². The molecule has 0 saturated carbocycles. The standard InChI is InChI=1S/C27H30ClN3O4S/c1-20-9-7-12-22(15-20)18-30(25(27(33)29-2)16-21-10-5-4-6-11-21)26(32)19-31(36(3,34)35)24-14-8-13-23(28)17-24/h4-15,17,25H,16,18-19H2,1-3H3,(H,29,33)/t25-/m0/s1. The number of rotatable bonds is 10. The smallest absolute Gasteiger partial charge is 0.244 e. The van der Waals surface area contributed by atoms with Crippen LogP contribution in [0, 0.1) is 6.92 Å². The third-order valence-corrected chi connectivity index (χ3v) is 7.10. The molecule has 0 aliphatic carbocycles. The molecule has 3 aromatic rings. The van der Waals surface area contributed by atoms with Gasteiger partial charge in [0.15, 0.2) is 0 Å². The van der Waals surface area contributed by atoms with Gasteiger partial charge in [-0.15, -0.1) is 0 Å². The van der Waals surface area contributed by atoms with Gasteiger partial charge in [0.1, 0.15) is 12.6 Å². The molecule has 0 aliphatic rings. The summed E-state index contributed by atoms with van der Waals surface area (Å²) in [5, 5.41) is 3.00. The molecule has 1 atom stereocenters. The van der Waals surface area contributed by atoms with Gasteiger partial charge in [-0.1, -0.05) is 77.8 Å². The lowest BCUT2D eigenvalue weighted by Crippen LogP contribution is -2.52. The summed E-state index contributed by atoms with van der Waals surface area (Å²) in [4.78, 5) is 28.3. The van der Waals surface area contributed by atoms with E-state index in [1.165, 1.54) is 18.0 Å². The number of sulfonamides is 1. The average molecular weight is 528 g/mol. The first-order valence-electron chi connectivity index (χ1n) is 11.4. The lowest BCUT2D eigenvalue weighted by atomic mass is 10.0. The number of nitrogens with zero attached hydrogens (tertiary/aromatic N) is 2. The second-order valence-electron chi connectivity index (χ2n) is 8.58. The number of carbonyl (C=O) groups excluding carboxylic acids is 2. The molecule has 190 valence electrons. The second-order valence-corrected chi connectivity index (χ2v) is 10.9. The summed E-state index contributed by atoms with van der Waals surface area (Å²) in [6.45, 7) is 1.60. The summed E-state index contributed by atoms with van der Waals surface area (Å²) >= 11 is 6.09. The number of aryl methyl sites for hydroxylation is 1. The summed E-state index contributed by atoms with van der Waals surface area (Å²) < 4.78 is 26.4. The molecule has 0 bridgehead atoms. The highest BCUT2D eigenvalue weighted by Gasteiger charge is 2.32. The first-order valence-corrected chi connectivity index (χ1v) is 13.6. The summed E-state index contributed by atoms with van der Waals surface area (Å²) in [6, 6.07) is 22.5. The van der Waals surface area contributed by atoms with E-state index in [0.29, 0.717) is 5.02 Å². The van der Waals surface area contributed by atoms with Gasteiger partial charge in [0, 0.05) is 25.0 Å². The van der Waals surface area contributed by atoms with Crippen molar-refractivity contribution in [2.45, 2.75) is 25.9 Å². The van der Waals surface area contributed by atoms with Gasteiger partial charge in [0.05, 0.1) is 11.9 Å². The van der Waals surface area contributed by atoms with Crippen LogP contribution in [0.25, 0.3) is 0 Å². The minimum Gasteiger partial charge on any atom is -0.357 e. The maximum Gasteiger partial charge on any atom is 0.244 e. The maximum atomic E-state index is 13.8. The number of hydrogen-bond acceptors (Lipinski definition) is 4. The molecule has 0 aromatic heterocycles. The number of likely N-dealkylation sites (N-methyl/N-ethyl adjacent to an activating group) is 1. The number of nitrogens with one attached hydrogen (secondary N) is 1. The van der Waals surface area contributed by atoms with E-state index in [0.717, 1.165) is 27.3 Å². The van der Waals surface area contributed by atoms with Gasteiger partial charge in [-0.3, -0.25) is 13.9 Å². The zero-order chi connectivity index (χ0) is 26.3. The van der Waals surface area contributed by atoms with Gasteiger partial charge in [-0.25, -0.2) is 8.42 Å². The molecule has 2 amide bonds. The van der Waals surface area contributed by atoms with Crippen molar-refractivity contribution in [3.63, 3.8) is 0 Å². The third kappa shape index (κ3) is 7.32. The Bertz CT molecular complexity index is 1320. The predicted octanol–water partition coefficient (Wildman–Crippen LogP) is 3.80. The molecule has 1 N–H and O–H groups in total. The van der Waals surface area contributed by atoms with Gasteiger partial charge in [0.2, 0.25) is 21.8 Å². The van der Waals surface area contributed by atoms with E-state index in [4.69, 9.17) is 11.6 Å². The quantitative estimate of drug-likeness (QED) is 0.434. The van der Waals surface area contributed by atoms with Crippen LogP contribution in [0.5, 0.6) is 0 Å². The maximum absolute atomic E-state index is 13.8. The number of halogens is 1. The minimum atomic E-state index is -3.83. The lowest BCUT2D eigenvalue weighted by Gasteiger charge is -2.33. The van der Waals surface area contributed by atoms with Crippen LogP contribution in [0.2, 0.25) is 5.02 Å². The van der Waals surface area contributed by atoms with Crippen LogP contribution in [0.1, 0.15) is 16.7 Å².